The maximum Gasteiger partial charge on any atom is 0.328 e. The first-order valence-electron chi connectivity index (χ1n) is 11.2. The molecule has 37 heavy (non-hydrogen) atoms. The molecule has 4 rings (SSSR count). The molecule has 0 bridgehead atoms. The minimum Gasteiger partial charge on any atom is -0.480 e. The number of nitrogens with one attached hydrogen (secondary N) is 4. The Morgan fingerprint density at radius 2 is 1.81 bits per heavy atom. The molecule has 0 aliphatic rings. The van der Waals surface area contributed by atoms with Crippen LogP contribution in [0.25, 0.3) is 10.9 Å². The minimum absolute atomic E-state index is 0.00163. The summed E-state index contributed by atoms with van der Waals surface area (Å²) >= 11 is 7.54. The van der Waals surface area contributed by atoms with Gasteiger partial charge in [0.15, 0.2) is 0 Å². The second-order valence-electron chi connectivity index (χ2n) is 8.22. The summed E-state index contributed by atoms with van der Waals surface area (Å²) in [5, 5.41) is 18.2. The second-order valence-corrected chi connectivity index (χ2v) is 9.91. The van der Waals surface area contributed by atoms with Crippen LogP contribution in [0, 0.1) is 6.92 Å². The zero-order valence-electron chi connectivity index (χ0n) is 19.6. The van der Waals surface area contributed by atoms with Gasteiger partial charge < -0.3 is 26.0 Å². The number of aryl methyl sites for hydroxylation is 1. The van der Waals surface area contributed by atoms with Crippen molar-refractivity contribution >= 4 is 57.5 Å². The standard InChI is InChI=1S/C26H23ClN4O5S/c1-14-5-8-22(37-14)25(34)30-13-21(26(35)36)31-24(33)18-7-6-15(11-19(18)27)23(32)29-12-16-3-2-4-20-17(16)9-10-28-20/h2-11,21,28H,12-13H2,1H3,(H,29,32)(H,30,34)(H,31,33)(H,35,36)/t21-/m0/s1. The summed E-state index contributed by atoms with van der Waals surface area (Å²) in [6.45, 7) is 1.83. The van der Waals surface area contributed by atoms with Gasteiger partial charge >= 0.3 is 5.97 Å². The highest BCUT2D eigenvalue weighted by molar-refractivity contribution is 7.13. The molecule has 0 aliphatic carbocycles. The molecule has 0 saturated carbocycles. The fraction of sp³-hybridized carbons (Fsp3) is 0.154. The molecule has 1 atom stereocenters. The number of hydrogen-bond donors (Lipinski definition) is 5. The van der Waals surface area contributed by atoms with Crippen LogP contribution in [0.1, 0.15) is 40.8 Å². The minimum atomic E-state index is -1.38. The van der Waals surface area contributed by atoms with Gasteiger partial charge in [0.2, 0.25) is 0 Å². The summed E-state index contributed by atoms with van der Waals surface area (Å²) < 4.78 is 0. The number of aliphatic carboxylic acids is 1. The third-order valence-electron chi connectivity index (χ3n) is 5.63. The fourth-order valence-corrected chi connectivity index (χ4v) is 4.75. The van der Waals surface area contributed by atoms with E-state index in [0.717, 1.165) is 21.3 Å². The van der Waals surface area contributed by atoms with Gasteiger partial charge in [0.05, 0.1) is 15.5 Å². The SMILES string of the molecule is Cc1ccc(C(=O)NC[C@H](NC(=O)c2ccc(C(=O)NCc3cccc4[nH]ccc34)cc2Cl)C(=O)O)s1. The molecule has 2 aromatic carbocycles. The van der Waals surface area contributed by atoms with E-state index in [4.69, 9.17) is 11.6 Å². The lowest BCUT2D eigenvalue weighted by atomic mass is 10.1. The van der Waals surface area contributed by atoms with Crippen LogP contribution in [0.4, 0.5) is 0 Å². The van der Waals surface area contributed by atoms with Crippen molar-refractivity contribution in [2.24, 2.45) is 0 Å². The average molecular weight is 539 g/mol. The Morgan fingerprint density at radius 1 is 1.00 bits per heavy atom. The summed E-state index contributed by atoms with van der Waals surface area (Å²) in [6.07, 6.45) is 1.83. The van der Waals surface area contributed by atoms with Crippen molar-refractivity contribution < 1.29 is 24.3 Å². The predicted molar refractivity (Wildman–Crippen MR) is 141 cm³/mol. The molecule has 0 fully saturated rings. The molecule has 0 radical (unpaired) electrons. The van der Waals surface area contributed by atoms with Gasteiger partial charge in [-0.05, 0) is 55.0 Å². The van der Waals surface area contributed by atoms with Gasteiger partial charge in [-0.2, -0.15) is 0 Å². The Balaban J connectivity index is 1.37. The van der Waals surface area contributed by atoms with E-state index in [1.54, 1.807) is 12.1 Å². The van der Waals surface area contributed by atoms with E-state index in [1.807, 2.05) is 37.4 Å². The van der Waals surface area contributed by atoms with Gasteiger partial charge in [0.1, 0.15) is 6.04 Å². The first kappa shape index (κ1) is 25.9. The number of aromatic amines is 1. The molecule has 4 aromatic rings. The summed E-state index contributed by atoms with van der Waals surface area (Å²) in [4.78, 5) is 53.8. The normalized spacial score (nSPS) is 11.6. The lowest BCUT2D eigenvalue weighted by molar-refractivity contribution is -0.139. The van der Waals surface area contributed by atoms with E-state index in [1.165, 1.54) is 29.5 Å². The zero-order valence-corrected chi connectivity index (χ0v) is 21.2. The highest BCUT2D eigenvalue weighted by Gasteiger charge is 2.23. The van der Waals surface area contributed by atoms with Crippen molar-refractivity contribution in [2.75, 3.05) is 6.54 Å². The number of hydrogen-bond acceptors (Lipinski definition) is 5. The lowest BCUT2D eigenvalue weighted by Gasteiger charge is -2.16. The summed E-state index contributed by atoms with van der Waals surface area (Å²) in [5.41, 5.74) is 2.15. The monoisotopic (exact) mass is 538 g/mol. The molecular weight excluding hydrogens is 516 g/mol. The van der Waals surface area contributed by atoms with Gasteiger partial charge in [-0.15, -0.1) is 11.3 Å². The number of H-pyrrole nitrogens is 1. The smallest absolute Gasteiger partial charge is 0.328 e. The molecule has 0 aliphatic heterocycles. The second kappa shape index (κ2) is 11.3. The highest BCUT2D eigenvalue weighted by Crippen LogP contribution is 2.20. The fourth-order valence-electron chi connectivity index (χ4n) is 3.70. The van der Waals surface area contributed by atoms with Gasteiger partial charge in [-0.1, -0.05) is 23.7 Å². The van der Waals surface area contributed by atoms with Gasteiger partial charge in [0.25, 0.3) is 17.7 Å². The number of thiophene rings is 1. The zero-order chi connectivity index (χ0) is 26.5. The first-order chi connectivity index (χ1) is 17.7. The highest BCUT2D eigenvalue weighted by atomic mass is 35.5. The van der Waals surface area contributed by atoms with E-state index >= 15 is 0 Å². The van der Waals surface area contributed by atoms with Crippen LogP contribution in [0.2, 0.25) is 5.02 Å². The molecule has 11 heteroatoms. The molecular formula is C26H23ClN4O5S. The van der Waals surface area contributed by atoms with E-state index in [0.29, 0.717) is 11.4 Å². The van der Waals surface area contributed by atoms with Gasteiger partial charge in [-0.25, -0.2) is 4.79 Å². The van der Waals surface area contributed by atoms with Crippen LogP contribution in [-0.4, -0.2) is 46.4 Å². The topological polar surface area (TPSA) is 140 Å². The predicted octanol–water partition coefficient (Wildman–Crippen LogP) is 3.73. The van der Waals surface area contributed by atoms with Crippen LogP contribution in [0.3, 0.4) is 0 Å². The third kappa shape index (κ3) is 6.16. The molecule has 9 nitrogen and oxygen atoms in total. The molecule has 190 valence electrons. The molecule has 3 amide bonds. The maximum absolute atomic E-state index is 12.7. The number of carbonyl (C=O) groups excluding carboxylic acids is 3. The number of carbonyl (C=O) groups is 4. The Kier molecular flexibility index (Phi) is 7.90. The van der Waals surface area contributed by atoms with Crippen LogP contribution in [0.15, 0.2) is 60.8 Å². The summed E-state index contributed by atoms with van der Waals surface area (Å²) in [6, 6.07) is 13.9. The summed E-state index contributed by atoms with van der Waals surface area (Å²) in [7, 11) is 0. The molecule has 0 unspecified atom stereocenters. The lowest BCUT2D eigenvalue weighted by Crippen LogP contribution is -2.48. The Morgan fingerprint density at radius 3 is 2.51 bits per heavy atom. The van der Waals surface area contributed by atoms with E-state index in [-0.39, 0.29) is 28.6 Å². The number of benzene rings is 2. The summed E-state index contributed by atoms with van der Waals surface area (Å²) in [5.74, 6) is -2.87. The van der Waals surface area contributed by atoms with Crippen LogP contribution < -0.4 is 16.0 Å². The number of amides is 3. The molecule has 0 spiro atoms. The van der Waals surface area contributed by atoms with Gasteiger partial charge in [0, 0.05) is 40.6 Å². The first-order valence-corrected chi connectivity index (χ1v) is 12.4. The van der Waals surface area contributed by atoms with Crippen LogP contribution >= 0.6 is 22.9 Å². The van der Waals surface area contributed by atoms with Crippen molar-refractivity contribution in [2.45, 2.75) is 19.5 Å². The van der Waals surface area contributed by atoms with Crippen molar-refractivity contribution in [3.8, 4) is 0 Å². The van der Waals surface area contributed by atoms with Crippen molar-refractivity contribution in [1.82, 2.24) is 20.9 Å². The average Bonchev–Trinajstić information content (AvgIpc) is 3.53. The van der Waals surface area contributed by atoms with Crippen LogP contribution in [0.5, 0.6) is 0 Å². The van der Waals surface area contributed by atoms with Gasteiger partial charge in [-0.3, -0.25) is 14.4 Å². The van der Waals surface area contributed by atoms with Crippen LogP contribution in [-0.2, 0) is 11.3 Å². The largest absolute Gasteiger partial charge is 0.480 e. The van der Waals surface area contributed by atoms with E-state index in [2.05, 4.69) is 20.9 Å². The number of fused-ring (bicyclic) bond motifs is 1. The van der Waals surface area contributed by atoms with E-state index in [9.17, 15) is 24.3 Å². The number of carboxylic acids is 1. The maximum atomic E-state index is 12.7. The number of carboxylic acid groups (broad SMARTS) is 1. The quantitative estimate of drug-likeness (QED) is 0.221. The Hall–Kier alpha value is -4.15. The Bertz CT molecular complexity index is 1500. The molecule has 2 aromatic heterocycles. The van der Waals surface area contributed by atoms with Crippen molar-refractivity contribution in [3.05, 3.63) is 92.3 Å². The van der Waals surface area contributed by atoms with Crippen molar-refractivity contribution in [1.29, 1.82) is 0 Å². The van der Waals surface area contributed by atoms with Crippen molar-refractivity contribution in [3.63, 3.8) is 0 Å². The van der Waals surface area contributed by atoms with E-state index < -0.39 is 23.8 Å². The molecule has 5 N–H and O–H groups in total. The Labute approximate surface area is 220 Å². The molecule has 0 saturated heterocycles. The third-order valence-corrected chi connectivity index (χ3v) is 6.95. The number of aromatic nitrogens is 1. The number of rotatable bonds is 9. The molecule has 2 heterocycles. The number of halogens is 1.